The van der Waals surface area contributed by atoms with Gasteiger partial charge >= 0.3 is 11.9 Å². The van der Waals surface area contributed by atoms with Crippen LogP contribution in [-0.2, 0) is 19.1 Å². The molecule has 8 nitrogen and oxygen atoms in total. The van der Waals surface area contributed by atoms with E-state index in [9.17, 15) is 30.0 Å². The van der Waals surface area contributed by atoms with Crippen LogP contribution in [0.2, 0.25) is 0 Å². The largest absolute Gasteiger partial charge is 0.463 e. The van der Waals surface area contributed by atoms with Crippen molar-refractivity contribution in [1.29, 1.82) is 0 Å². The average molecular weight is 621 g/mol. The standard InChI is InChI=1S/C36H60O8/c1-4-6-15-22-31(37)23-17-12-8-9-13-18-24-33(39)34(40)25-20-27-36(42)44-29-32(38)28-43-35(41)26-19-14-10-7-11-16-21-30(3)5-2/h6,8-9,12-13,15,17-18,23-24,30-34,37-40H,4-5,7,10-11,14,16,19-22,25-29H2,1-3H3/b12-8+,13-9-,15-6-,23-17+,24-18-/t30?,31-,32-,33+,34+/m1/s1. The predicted octanol–water partition coefficient (Wildman–Crippen LogP) is 6.43. The lowest BCUT2D eigenvalue weighted by atomic mass is 10.00. The van der Waals surface area contributed by atoms with E-state index < -0.39 is 30.4 Å². The Kier molecular flexibility index (Phi) is 27.5. The number of rotatable bonds is 27. The highest BCUT2D eigenvalue weighted by Crippen LogP contribution is 2.14. The summed E-state index contributed by atoms with van der Waals surface area (Å²) in [5.41, 5.74) is 0. The molecule has 0 aromatic carbocycles. The fourth-order valence-corrected chi connectivity index (χ4v) is 4.11. The number of aliphatic hydroxyl groups excluding tert-OH is 4. The molecule has 0 aliphatic carbocycles. The van der Waals surface area contributed by atoms with Crippen LogP contribution < -0.4 is 0 Å². The Morgan fingerprint density at radius 1 is 0.659 bits per heavy atom. The molecule has 0 rings (SSSR count). The van der Waals surface area contributed by atoms with Gasteiger partial charge < -0.3 is 29.9 Å². The van der Waals surface area contributed by atoms with Crippen molar-refractivity contribution >= 4 is 11.9 Å². The Hall–Kier alpha value is -2.52. The quantitative estimate of drug-likeness (QED) is 0.0357. The van der Waals surface area contributed by atoms with Crippen LogP contribution >= 0.6 is 0 Å². The second-order valence-corrected chi connectivity index (χ2v) is 11.4. The summed E-state index contributed by atoms with van der Waals surface area (Å²) < 4.78 is 10.1. The van der Waals surface area contributed by atoms with E-state index >= 15 is 0 Å². The first-order valence-electron chi connectivity index (χ1n) is 16.6. The molecule has 0 saturated heterocycles. The molecule has 5 atom stereocenters. The van der Waals surface area contributed by atoms with E-state index in [0.29, 0.717) is 19.3 Å². The summed E-state index contributed by atoms with van der Waals surface area (Å²) in [5, 5.41) is 39.9. The maximum absolute atomic E-state index is 11.9. The van der Waals surface area contributed by atoms with Crippen LogP contribution in [-0.4, -0.2) is 70.0 Å². The van der Waals surface area contributed by atoms with E-state index in [4.69, 9.17) is 9.47 Å². The first kappa shape index (κ1) is 41.5. The normalized spacial score (nSPS) is 15.9. The molecule has 0 aromatic heterocycles. The molecule has 0 spiro atoms. The van der Waals surface area contributed by atoms with Gasteiger partial charge in [0.1, 0.15) is 19.3 Å². The molecule has 0 fully saturated rings. The van der Waals surface area contributed by atoms with Crippen LogP contribution in [0.4, 0.5) is 0 Å². The van der Waals surface area contributed by atoms with Gasteiger partial charge in [-0.3, -0.25) is 9.59 Å². The highest BCUT2D eigenvalue weighted by Gasteiger charge is 2.15. The lowest BCUT2D eigenvalue weighted by molar-refractivity contribution is -0.152. The summed E-state index contributed by atoms with van der Waals surface area (Å²) >= 11 is 0. The molecule has 0 heterocycles. The number of carbonyl (C=O) groups excluding carboxylic acids is 2. The molecule has 0 aliphatic rings. The van der Waals surface area contributed by atoms with E-state index in [2.05, 4.69) is 13.8 Å². The minimum absolute atomic E-state index is 0.0272. The summed E-state index contributed by atoms with van der Waals surface area (Å²) in [7, 11) is 0. The number of carbonyl (C=O) groups is 2. The van der Waals surface area contributed by atoms with Crippen molar-refractivity contribution < 1.29 is 39.5 Å². The molecular weight excluding hydrogens is 560 g/mol. The average Bonchev–Trinajstić information content (AvgIpc) is 3.01. The fourth-order valence-electron chi connectivity index (χ4n) is 4.11. The molecule has 0 bridgehead atoms. The van der Waals surface area contributed by atoms with E-state index in [1.807, 2.05) is 19.1 Å². The van der Waals surface area contributed by atoms with Gasteiger partial charge in [-0.2, -0.15) is 0 Å². The monoisotopic (exact) mass is 620 g/mol. The van der Waals surface area contributed by atoms with Crippen LogP contribution in [0.25, 0.3) is 0 Å². The number of hydrogen-bond acceptors (Lipinski definition) is 8. The van der Waals surface area contributed by atoms with Crippen LogP contribution in [0.1, 0.15) is 111 Å². The zero-order valence-corrected chi connectivity index (χ0v) is 27.4. The molecule has 8 heteroatoms. The van der Waals surface area contributed by atoms with Crippen LogP contribution in [0, 0.1) is 5.92 Å². The third-order valence-electron chi connectivity index (χ3n) is 7.15. The van der Waals surface area contributed by atoms with Gasteiger partial charge in [-0.25, -0.2) is 0 Å². The summed E-state index contributed by atoms with van der Waals surface area (Å²) in [6.07, 6.45) is 25.3. The van der Waals surface area contributed by atoms with E-state index in [0.717, 1.165) is 31.6 Å². The minimum atomic E-state index is -1.09. The van der Waals surface area contributed by atoms with Gasteiger partial charge in [0.05, 0.1) is 18.3 Å². The molecule has 0 aliphatic heterocycles. The molecule has 1 unspecified atom stereocenters. The highest BCUT2D eigenvalue weighted by molar-refractivity contribution is 5.69. The topological polar surface area (TPSA) is 134 Å². The van der Waals surface area contributed by atoms with Gasteiger partial charge in [-0.15, -0.1) is 0 Å². The summed E-state index contributed by atoms with van der Waals surface area (Å²) in [6.45, 7) is 6.06. The van der Waals surface area contributed by atoms with Crippen molar-refractivity contribution in [1.82, 2.24) is 0 Å². The molecule has 252 valence electrons. The Morgan fingerprint density at radius 2 is 1.20 bits per heavy atom. The van der Waals surface area contributed by atoms with Crippen LogP contribution in [0.3, 0.4) is 0 Å². The number of esters is 2. The number of ether oxygens (including phenoxy) is 2. The summed E-state index contributed by atoms with van der Waals surface area (Å²) in [6, 6.07) is 0. The number of allylic oxidation sites excluding steroid dienone is 7. The van der Waals surface area contributed by atoms with Gasteiger partial charge in [0.25, 0.3) is 0 Å². The van der Waals surface area contributed by atoms with Gasteiger partial charge in [0.15, 0.2) is 0 Å². The number of hydrogen-bond donors (Lipinski definition) is 4. The smallest absolute Gasteiger partial charge is 0.305 e. The van der Waals surface area contributed by atoms with Crippen molar-refractivity contribution in [2.24, 2.45) is 5.92 Å². The Labute approximate surface area is 266 Å². The van der Waals surface area contributed by atoms with Crippen molar-refractivity contribution in [2.75, 3.05) is 13.2 Å². The zero-order valence-electron chi connectivity index (χ0n) is 27.4. The van der Waals surface area contributed by atoms with Gasteiger partial charge in [0, 0.05) is 12.8 Å². The van der Waals surface area contributed by atoms with E-state index in [1.54, 1.807) is 42.5 Å². The molecule has 0 aromatic rings. The van der Waals surface area contributed by atoms with Crippen molar-refractivity contribution in [3.63, 3.8) is 0 Å². The minimum Gasteiger partial charge on any atom is -0.463 e. The SMILES string of the molecule is CC/C=C\C[C@@H](O)/C=C/C=C/C=C\C=C/[C@H](O)[C@@H](O)CCCC(=O)OC[C@H](O)COC(=O)CCCCCCCCC(C)CC. The van der Waals surface area contributed by atoms with Crippen molar-refractivity contribution in [3.05, 3.63) is 60.8 Å². The maximum atomic E-state index is 11.9. The highest BCUT2D eigenvalue weighted by atomic mass is 16.6. The predicted molar refractivity (Wildman–Crippen MR) is 177 cm³/mol. The fraction of sp³-hybridized carbons (Fsp3) is 0.667. The second-order valence-electron chi connectivity index (χ2n) is 11.4. The number of aliphatic hydroxyl groups is 4. The van der Waals surface area contributed by atoms with Gasteiger partial charge in [0.2, 0.25) is 0 Å². The Bertz CT molecular complexity index is 860. The molecular formula is C36H60O8. The van der Waals surface area contributed by atoms with Crippen molar-refractivity contribution in [2.45, 2.75) is 135 Å². The maximum Gasteiger partial charge on any atom is 0.305 e. The number of unbranched alkanes of at least 4 members (excludes halogenated alkanes) is 5. The van der Waals surface area contributed by atoms with Gasteiger partial charge in [-0.05, 0) is 38.0 Å². The molecule has 4 N–H and O–H groups in total. The molecule has 0 radical (unpaired) electrons. The third kappa shape index (κ3) is 27.1. The summed E-state index contributed by atoms with van der Waals surface area (Å²) in [5.74, 6) is -0.0982. The third-order valence-corrected chi connectivity index (χ3v) is 7.15. The van der Waals surface area contributed by atoms with Crippen molar-refractivity contribution in [3.8, 4) is 0 Å². The van der Waals surface area contributed by atoms with Gasteiger partial charge in [-0.1, -0.05) is 126 Å². The second kappa shape index (κ2) is 29.2. The Balaban J connectivity index is 3.92. The lowest BCUT2D eigenvalue weighted by Gasteiger charge is -2.14. The first-order valence-corrected chi connectivity index (χ1v) is 16.6. The lowest BCUT2D eigenvalue weighted by Crippen LogP contribution is -2.26. The van der Waals surface area contributed by atoms with Crippen LogP contribution in [0.15, 0.2) is 60.8 Å². The van der Waals surface area contributed by atoms with Crippen LogP contribution in [0.5, 0.6) is 0 Å². The molecule has 44 heavy (non-hydrogen) atoms. The molecule has 0 saturated carbocycles. The van der Waals surface area contributed by atoms with E-state index in [-0.39, 0.29) is 32.0 Å². The zero-order chi connectivity index (χ0) is 32.8. The summed E-state index contributed by atoms with van der Waals surface area (Å²) in [4.78, 5) is 23.8. The molecule has 0 amide bonds. The Morgan fingerprint density at radius 3 is 1.82 bits per heavy atom. The van der Waals surface area contributed by atoms with E-state index in [1.165, 1.54) is 38.2 Å². The first-order chi connectivity index (χ1) is 21.2.